The molecule has 14 heavy (non-hydrogen) atoms. The third-order valence-electron chi connectivity index (χ3n) is 1.59. The molecule has 0 spiro atoms. The van der Waals surface area contributed by atoms with Crippen LogP contribution in [0.5, 0.6) is 0 Å². The molecule has 74 valence electrons. The normalized spacial score (nSPS) is 9.64. The quantitative estimate of drug-likeness (QED) is 0.811. The molecule has 4 heteroatoms. The molecule has 1 rings (SSSR count). The van der Waals surface area contributed by atoms with Crippen molar-refractivity contribution in [3.63, 3.8) is 0 Å². The first-order chi connectivity index (χ1) is 6.52. The van der Waals surface area contributed by atoms with Gasteiger partial charge < -0.3 is 5.32 Å². The molecule has 0 bridgehead atoms. The van der Waals surface area contributed by atoms with Crippen molar-refractivity contribution in [2.75, 3.05) is 5.32 Å². The molecule has 0 aromatic heterocycles. The summed E-state index contributed by atoms with van der Waals surface area (Å²) in [5.41, 5.74) is 0.473. The number of anilines is 1. The molecule has 0 aliphatic rings. The maximum absolute atomic E-state index is 13.2. The van der Waals surface area contributed by atoms with Crippen LogP contribution >= 0.6 is 15.9 Å². The molecule has 0 aliphatic carbocycles. The average molecular weight is 258 g/mol. The van der Waals surface area contributed by atoms with Crippen molar-refractivity contribution < 1.29 is 9.18 Å². The van der Waals surface area contributed by atoms with Gasteiger partial charge in [-0.15, -0.1) is 0 Å². The van der Waals surface area contributed by atoms with Gasteiger partial charge in [0.25, 0.3) is 5.91 Å². The lowest BCUT2D eigenvalue weighted by atomic mass is 10.2. The van der Waals surface area contributed by atoms with E-state index in [-0.39, 0.29) is 5.69 Å². The predicted octanol–water partition coefficient (Wildman–Crippen LogP) is 3.10. The van der Waals surface area contributed by atoms with Crippen molar-refractivity contribution in [3.8, 4) is 0 Å². The van der Waals surface area contributed by atoms with Crippen molar-refractivity contribution in [2.45, 2.75) is 6.92 Å². The van der Waals surface area contributed by atoms with E-state index in [1.165, 1.54) is 6.07 Å². The predicted molar refractivity (Wildman–Crippen MR) is 57.5 cm³/mol. The number of carbonyl (C=O) groups is 1. The Balaban J connectivity index is 2.97. The molecule has 1 aromatic rings. The third kappa shape index (κ3) is 2.42. The zero-order valence-corrected chi connectivity index (χ0v) is 9.19. The number of halogens is 2. The van der Waals surface area contributed by atoms with Crippen LogP contribution < -0.4 is 5.32 Å². The number of hydrogen-bond donors (Lipinski definition) is 1. The van der Waals surface area contributed by atoms with Crippen LogP contribution in [-0.4, -0.2) is 5.91 Å². The highest BCUT2D eigenvalue weighted by atomic mass is 79.9. The molecule has 1 N–H and O–H groups in total. The minimum atomic E-state index is -0.478. The summed E-state index contributed by atoms with van der Waals surface area (Å²) in [5.74, 6) is -0.871. The van der Waals surface area contributed by atoms with E-state index >= 15 is 0 Å². The highest BCUT2D eigenvalue weighted by molar-refractivity contribution is 9.10. The van der Waals surface area contributed by atoms with E-state index in [1.54, 1.807) is 19.1 Å². The van der Waals surface area contributed by atoms with E-state index in [2.05, 4.69) is 27.8 Å². The molecule has 0 aliphatic heterocycles. The summed E-state index contributed by atoms with van der Waals surface area (Å²) in [6, 6.07) is 4.48. The average Bonchev–Trinajstić information content (AvgIpc) is 2.11. The van der Waals surface area contributed by atoms with Gasteiger partial charge in [0.1, 0.15) is 5.82 Å². The number of rotatable bonds is 2. The summed E-state index contributed by atoms with van der Waals surface area (Å²) >= 11 is 3.14. The second-order valence-corrected chi connectivity index (χ2v) is 3.69. The minimum Gasteiger partial charge on any atom is -0.319 e. The first-order valence-corrected chi connectivity index (χ1v) is 4.72. The fraction of sp³-hybridized carbons (Fsp3) is 0.100. The van der Waals surface area contributed by atoms with Crippen LogP contribution in [0.3, 0.4) is 0 Å². The number of amides is 1. The van der Waals surface area contributed by atoms with Gasteiger partial charge in [-0.2, -0.15) is 0 Å². The van der Waals surface area contributed by atoms with E-state index in [9.17, 15) is 9.18 Å². The van der Waals surface area contributed by atoms with Crippen molar-refractivity contribution >= 4 is 27.5 Å². The molecule has 0 saturated carbocycles. The van der Waals surface area contributed by atoms with Gasteiger partial charge in [0.2, 0.25) is 0 Å². The summed E-state index contributed by atoms with van der Waals surface area (Å²) in [5, 5.41) is 2.42. The smallest absolute Gasteiger partial charge is 0.250 e. The lowest BCUT2D eigenvalue weighted by molar-refractivity contribution is -0.112. The van der Waals surface area contributed by atoms with Gasteiger partial charge in [-0.1, -0.05) is 12.6 Å². The molecule has 1 aromatic carbocycles. The Labute approximate surface area is 89.9 Å². The molecule has 0 unspecified atom stereocenters. The largest absolute Gasteiger partial charge is 0.319 e. The van der Waals surface area contributed by atoms with Gasteiger partial charge in [0.05, 0.1) is 5.69 Å². The Bertz CT molecular complexity index is 369. The Hall–Kier alpha value is -1.16. The molecule has 0 atom stereocenters. The van der Waals surface area contributed by atoms with E-state index < -0.39 is 11.7 Å². The van der Waals surface area contributed by atoms with Crippen molar-refractivity contribution in [2.24, 2.45) is 0 Å². The van der Waals surface area contributed by atoms with Crippen LogP contribution in [0.2, 0.25) is 0 Å². The van der Waals surface area contributed by atoms with Gasteiger partial charge >= 0.3 is 0 Å². The Kier molecular flexibility index (Phi) is 3.41. The van der Waals surface area contributed by atoms with Crippen molar-refractivity contribution in [1.82, 2.24) is 0 Å². The second-order valence-electron chi connectivity index (χ2n) is 2.83. The first kappa shape index (κ1) is 10.9. The number of benzene rings is 1. The van der Waals surface area contributed by atoms with E-state index in [0.29, 0.717) is 10.0 Å². The highest BCUT2D eigenvalue weighted by Crippen LogP contribution is 2.25. The molecule has 0 heterocycles. The molecular formula is C10H9BrFNO. The number of nitrogens with one attached hydrogen (secondary N) is 1. The zero-order chi connectivity index (χ0) is 10.7. The van der Waals surface area contributed by atoms with Crippen molar-refractivity contribution in [3.05, 3.63) is 40.6 Å². The molecular weight excluding hydrogens is 249 g/mol. The fourth-order valence-corrected chi connectivity index (χ4v) is 1.28. The fourth-order valence-electron chi connectivity index (χ4n) is 0.837. The van der Waals surface area contributed by atoms with Gasteiger partial charge in [-0.05, 0) is 35.0 Å². The van der Waals surface area contributed by atoms with Crippen LogP contribution in [0.1, 0.15) is 6.92 Å². The maximum Gasteiger partial charge on any atom is 0.250 e. The number of carbonyl (C=O) groups excluding carboxylic acids is 1. The molecule has 0 fully saturated rings. The summed E-state index contributed by atoms with van der Waals surface area (Å²) in [7, 11) is 0. The Morgan fingerprint density at radius 2 is 2.21 bits per heavy atom. The monoisotopic (exact) mass is 257 g/mol. The molecule has 0 radical (unpaired) electrons. The van der Waals surface area contributed by atoms with Crippen LogP contribution in [0.15, 0.2) is 34.8 Å². The van der Waals surface area contributed by atoms with Crippen LogP contribution in [0.25, 0.3) is 0 Å². The summed E-state index contributed by atoms with van der Waals surface area (Å²) in [4.78, 5) is 11.2. The molecule has 1 amide bonds. The van der Waals surface area contributed by atoms with Gasteiger partial charge in [0.15, 0.2) is 0 Å². The summed E-state index contributed by atoms with van der Waals surface area (Å²) < 4.78 is 13.7. The third-order valence-corrected chi connectivity index (χ3v) is 2.25. The van der Waals surface area contributed by atoms with Gasteiger partial charge in [0, 0.05) is 10.0 Å². The van der Waals surface area contributed by atoms with Crippen LogP contribution in [0.4, 0.5) is 10.1 Å². The minimum absolute atomic E-state index is 0.139. The van der Waals surface area contributed by atoms with E-state index in [1.807, 2.05) is 0 Å². The Morgan fingerprint density at radius 3 is 2.71 bits per heavy atom. The number of hydrogen-bond acceptors (Lipinski definition) is 1. The Morgan fingerprint density at radius 1 is 1.57 bits per heavy atom. The SMILES string of the molecule is C=C(C)C(=O)Nc1c(F)cccc1Br. The van der Waals surface area contributed by atoms with Crippen molar-refractivity contribution in [1.29, 1.82) is 0 Å². The first-order valence-electron chi connectivity index (χ1n) is 3.93. The lowest BCUT2D eigenvalue weighted by Crippen LogP contribution is -2.13. The van der Waals surface area contributed by atoms with Gasteiger partial charge in [-0.25, -0.2) is 4.39 Å². The second kappa shape index (κ2) is 4.37. The van der Waals surface area contributed by atoms with Gasteiger partial charge in [-0.3, -0.25) is 4.79 Å². The van der Waals surface area contributed by atoms with E-state index in [0.717, 1.165) is 0 Å². The number of para-hydroxylation sites is 1. The molecule has 0 saturated heterocycles. The molecule has 2 nitrogen and oxygen atoms in total. The lowest BCUT2D eigenvalue weighted by Gasteiger charge is -2.07. The standard InChI is InChI=1S/C10H9BrFNO/c1-6(2)10(14)13-9-7(11)4-3-5-8(9)12/h3-5H,1H2,2H3,(H,13,14). The maximum atomic E-state index is 13.2. The van der Waals surface area contributed by atoms with E-state index in [4.69, 9.17) is 0 Å². The zero-order valence-electron chi connectivity index (χ0n) is 7.60. The summed E-state index contributed by atoms with van der Waals surface area (Å²) in [6.07, 6.45) is 0. The summed E-state index contributed by atoms with van der Waals surface area (Å²) in [6.45, 7) is 5.02. The topological polar surface area (TPSA) is 29.1 Å². The van der Waals surface area contributed by atoms with Crippen LogP contribution in [-0.2, 0) is 4.79 Å². The van der Waals surface area contributed by atoms with Crippen LogP contribution in [0, 0.1) is 5.82 Å². The highest BCUT2D eigenvalue weighted by Gasteiger charge is 2.09.